The summed E-state index contributed by atoms with van der Waals surface area (Å²) in [6.45, 7) is 1.17. The molecule has 1 aliphatic heterocycles. The number of nitrogens with zero attached hydrogens (tertiary/aromatic N) is 2. The summed E-state index contributed by atoms with van der Waals surface area (Å²) in [5.41, 5.74) is 1.59. The van der Waals surface area contributed by atoms with Crippen LogP contribution < -0.4 is 10.1 Å². The van der Waals surface area contributed by atoms with Crippen LogP contribution in [0.4, 0.5) is 0 Å². The van der Waals surface area contributed by atoms with Gasteiger partial charge in [0.2, 0.25) is 5.91 Å². The van der Waals surface area contributed by atoms with E-state index < -0.39 is 0 Å². The number of nitrogens with one attached hydrogen (secondary N) is 1. The number of ether oxygens (including phenoxy) is 1. The Morgan fingerprint density at radius 3 is 2.38 bits per heavy atom. The molecule has 0 radical (unpaired) electrons. The van der Waals surface area contributed by atoms with Crippen LogP contribution >= 0.6 is 0 Å². The van der Waals surface area contributed by atoms with E-state index in [9.17, 15) is 9.59 Å². The van der Waals surface area contributed by atoms with Crippen LogP contribution in [0.1, 0.15) is 47.8 Å². The standard InChI is InChI=1S/C23H27N3O3/c1-29-19-9-7-17(8-10-19)21(16-5-6-16)25-22(27)18-11-14-26(15-12-18)23(28)20-4-2-3-13-24-20/h2-4,7-10,13,16,18,21H,5-6,11-12,14-15H2,1H3,(H,25,27)/t21-/m0/s1. The molecule has 1 atom stereocenters. The molecule has 1 aromatic carbocycles. The predicted molar refractivity (Wildman–Crippen MR) is 109 cm³/mol. The Balaban J connectivity index is 1.34. The molecule has 29 heavy (non-hydrogen) atoms. The van der Waals surface area contributed by atoms with E-state index in [0.29, 0.717) is 37.5 Å². The van der Waals surface area contributed by atoms with Gasteiger partial charge < -0.3 is 15.0 Å². The number of hydrogen-bond acceptors (Lipinski definition) is 4. The predicted octanol–water partition coefficient (Wildman–Crippen LogP) is 3.21. The van der Waals surface area contributed by atoms with E-state index in [0.717, 1.165) is 24.2 Å². The monoisotopic (exact) mass is 393 g/mol. The van der Waals surface area contributed by atoms with Crippen molar-refractivity contribution in [3.63, 3.8) is 0 Å². The second kappa shape index (κ2) is 8.64. The molecule has 2 fully saturated rings. The highest BCUT2D eigenvalue weighted by molar-refractivity contribution is 5.92. The van der Waals surface area contributed by atoms with Crippen molar-refractivity contribution in [2.24, 2.45) is 11.8 Å². The lowest BCUT2D eigenvalue weighted by atomic mass is 9.94. The molecule has 0 unspecified atom stereocenters. The normalized spacial score (nSPS) is 18.2. The molecule has 6 heteroatoms. The van der Waals surface area contributed by atoms with Gasteiger partial charge in [-0.2, -0.15) is 0 Å². The van der Waals surface area contributed by atoms with Gasteiger partial charge in [0, 0.05) is 25.2 Å². The van der Waals surface area contributed by atoms with E-state index in [4.69, 9.17) is 4.74 Å². The Labute approximate surface area is 171 Å². The molecule has 1 N–H and O–H groups in total. The number of piperidine rings is 1. The maximum absolute atomic E-state index is 12.9. The van der Waals surface area contributed by atoms with Crippen molar-refractivity contribution < 1.29 is 14.3 Å². The maximum Gasteiger partial charge on any atom is 0.272 e. The summed E-state index contributed by atoms with van der Waals surface area (Å²) in [4.78, 5) is 31.4. The zero-order valence-electron chi connectivity index (χ0n) is 16.7. The second-order valence-corrected chi connectivity index (χ2v) is 7.88. The number of hydrogen-bond donors (Lipinski definition) is 1. The van der Waals surface area contributed by atoms with Crippen LogP contribution in [-0.4, -0.2) is 41.9 Å². The van der Waals surface area contributed by atoms with Gasteiger partial charge in [0.1, 0.15) is 11.4 Å². The molecular formula is C23H27N3O3. The third-order valence-corrected chi connectivity index (χ3v) is 5.90. The summed E-state index contributed by atoms with van der Waals surface area (Å²) in [7, 11) is 1.65. The Kier molecular flexibility index (Phi) is 5.79. The number of methoxy groups -OCH3 is 1. The summed E-state index contributed by atoms with van der Waals surface area (Å²) in [5, 5.41) is 3.28. The number of aromatic nitrogens is 1. The van der Waals surface area contributed by atoms with Crippen molar-refractivity contribution in [2.45, 2.75) is 31.7 Å². The van der Waals surface area contributed by atoms with E-state index in [1.54, 1.807) is 30.3 Å². The fourth-order valence-electron chi connectivity index (χ4n) is 3.98. The first kappa shape index (κ1) is 19.4. The van der Waals surface area contributed by atoms with Crippen molar-refractivity contribution in [2.75, 3.05) is 20.2 Å². The van der Waals surface area contributed by atoms with Crippen LogP contribution in [0.5, 0.6) is 5.75 Å². The Morgan fingerprint density at radius 2 is 1.79 bits per heavy atom. The van der Waals surface area contributed by atoms with Gasteiger partial charge in [-0.1, -0.05) is 18.2 Å². The minimum Gasteiger partial charge on any atom is -0.497 e. The van der Waals surface area contributed by atoms with Crippen molar-refractivity contribution in [3.05, 3.63) is 59.9 Å². The van der Waals surface area contributed by atoms with E-state index in [1.807, 2.05) is 30.3 Å². The van der Waals surface area contributed by atoms with Crippen molar-refractivity contribution in [1.82, 2.24) is 15.2 Å². The summed E-state index contributed by atoms with van der Waals surface area (Å²) in [5.74, 6) is 1.32. The molecule has 2 amide bonds. The zero-order valence-corrected chi connectivity index (χ0v) is 16.7. The molecule has 1 aromatic heterocycles. The van der Waals surface area contributed by atoms with Crippen LogP contribution in [0.3, 0.4) is 0 Å². The molecule has 152 valence electrons. The van der Waals surface area contributed by atoms with Crippen molar-refractivity contribution in [1.29, 1.82) is 0 Å². The lowest BCUT2D eigenvalue weighted by Gasteiger charge is -2.32. The maximum atomic E-state index is 12.9. The minimum atomic E-state index is -0.0569. The lowest BCUT2D eigenvalue weighted by molar-refractivity contribution is -0.127. The topological polar surface area (TPSA) is 71.5 Å². The first-order chi connectivity index (χ1) is 14.2. The van der Waals surface area contributed by atoms with Gasteiger partial charge in [-0.3, -0.25) is 14.6 Å². The molecular weight excluding hydrogens is 366 g/mol. The number of amides is 2. The minimum absolute atomic E-state index is 0.0534. The Hall–Kier alpha value is -2.89. The van der Waals surface area contributed by atoms with E-state index in [-0.39, 0.29) is 23.8 Å². The fourth-order valence-corrected chi connectivity index (χ4v) is 3.98. The molecule has 2 heterocycles. The summed E-state index contributed by atoms with van der Waals surface area (Å²) in [6, 6.07) is 13.4. The number of benzene rings is 1. The van der Waals surface area contributed by atoms with Gasteiger partial charge in [-0.25, -0.2) is 0 Å². The fraction of sp³-hybridized carbons (Fsp3) is 0.435. The van der Waals surface area contributed by atoms with Gasteiger partial charge >= 0.3 is 0 Å². The van der Waals surface area contributed by atoms with Crippen molar-refractivity contribution >= 4 is 11.8 Å². The average Bonchev–Trinajstić information content (AvgIpc) is 3.63. The Bertz CT molecular complexity index is 841. The molecule has 1 saturated heterocycles. The first-order valence-electron chi connectivity index (χ1n) is 10.3. The Morgan fingerprint density at radius 1 is 1.07 bits per heavy atom. The highest BCUT2D eigenvalue weighted by Crippen LogP contribution is 2.41. The third-order valence-electron chi connectivity index (χ3n) is 5.90. The van der Waals surface area contributed by atoms with Gasteiger partial charge in [0.15, 0.2) is 0 Å². The molecule has 1 saturated carbocycles. The zero-order chi connectivity index (χ0) is 20.2. The molecule has 0 spiro atoms. The van der Waals surface area contributed by atoms with Gasteiger partial charge in [-0.15, -0.1) is 0 Å². The van der Waals surface area contributed by atoms with Gasteiger partial charge in [-0.05, 0) is 61.4 Å². The number of pyridine rings is 1. The summed E-state index contributed by atoms with van der Waals surface area (Å²) in [6.07, 6.45) is 5.29. The quantitative estimate of drug-likeness (QED) is 0.818. The largest absolute Gasteiger partial charge is 0.497 e. The SMILES string of the molecule is COc1ccc([C@@H](NC(=O)C2CCN(C(=O)c3ccccn3)CC2)C2CC2)cc1. The van der Waals surface area contributed by atoms with Crippen molar-refractivity contribution in [3.8, 4) is 5.75 Å². The van der Waals surface area contributed by atoms with E-state index in [2.05, 4.69) is 10.3 Å². The number of carbonyl (C=O) groups excluding carboxylic acids is 2. The van der Waals surface area contributed by atoms with E-state index in [1.165, 1.54) is 0 Å². The summed E-state index contributed by atoms with van der Waals surface area (Å²) < 4.78 is 5.24. The second-order valence-electron chi connectivity index (χ2n) is 7.88. The molecule has 2 aromatic rings. The molecule has 6 nitrogen and oxygen atoms in total. The van der Waals surface area contributed by atoms with Gasteiger partial charge in [0.05, 0.1) is 13.2 Å². The highest BCUT2D eigenvalue weighted by atomic mass is 16.5. The number of rotatable bonds is 6. The van der Waals surface area contributed by atoms with Crippen LogP contribution in [0.25, 0.3) is 0 Å². The molecule has 0 bridgehead atoms. The number of carbonyl (C=O) groups is 2. The molecule has 1 aliphatic carbocycles. The van der Waals surface area contributed by atoms with Crippen LogP contribution in [0.2, 0.25) is 0 Å². The molecule has 2 aliphatic rings. The van der Waals surface area contributed by atoms with Crippen LogP contribution in [0, 0.1) is 11.8 Å². The molecule has 4 rings (SSSR count). The van der Waals surface area contributed by atoms with Crippen LogP contribution in [-0.2, 0) is 4.79 Å². The van der Waals surface area contributed by atoms with E-state index >= 15 is 0 Å². The average molecular weight is 393 g/mol. The highest BCUT2D eigenvalue weighted by Gasteiger charge is 2.36. The first-order valence-corrected chi connectivity index (χ1v) is 10.3. The van der Waals surface area contributed by atoms with Crippen LogP contribution in [0.15, 0.2) is 48.7 Å². The lowest BCUT2D eigenvalue weighted by Crippen LogP contribution is -2.44. The summed E-state index contributed by atoms with van der Waals surface area (Å²) >= 11 is 0. The number of likely N-dealkylation sites (tertiary alicyclic amines) is 1. The third kappa shape index (κ3) is 4.58. The van der Waals surface area contributed by atoms with Gasteiger partial charge in [0.25, 0.3) is 5.91 Å². The smallest absolute Gasteiger partial charge is 0.272 e.